The topological polar surface area (TPSA) is 75.5 Å². The molecular weight excluding hydrogens is 313 g/mol. The molecular formula is C17H16FN3O3. The van der Waals surface area contributed by atoms with Gasteiger partial charge >= 0.3 is 0 Å². The first-order valence-electron chi connectivity index (χ1n) is 7.07. The molecule has 0 radical (unpaired) electrons. The Kier molecular flexibility index (Phi) is 5.26. The van der Waals surface area contributed by atoms with Crippen LogP contribution in [0.1, 0.15) is 15.9 Å². The van der Waals surface area contributed by atoms with Gasteiger partial charge in [0.05, 0.1) is 10.6 Å². The van der Waals surface area contributed by atoms with Crippen molar-refractivity contribution in [3.8, 4) is 0 Å². The summed E-state index contributed by atoms with van der Waals surface area (Å²) >= 11 is 0. The normalized spacial score (nSPS) is 10.6. The number of amides is 1. The maximum Gasteiger partial charge on any atom is 0.255 e. The molecule has 0 aromatic heterocycles. The average molecular weight is 329 g/mol. The van der Waals surface area contributed by atoms with Crippen molar-refractivity contribution in [1.29, 1.82) is 0 Å². The van der Waals surface area contributed by atoms with Crippen LogP contribution < -0.4 is 10.2 Å². The second-order valence-corrected chi connectivity index (χ2v) is 5.21. The molecule has 24 heavy (non-hydrogen) atoms. The van der Waals surface area contributed by atoms with Gasteiger partial charge in [-0.3, -0.25) is 14.9 Å². The molecule has 0 bridgehead atoms. The molecule has 124 valence electrons. The Balaban J connectivity index is 2.19. The molecule has 0 atom stereocenters. The number of nitro groups is 1. The highest BCUT2D eigenvalue weighted by Crippen LogP contribution is 2.20. The van der Waals surface area contributed by atoms with Gasteiger partial charge in [-0.2, -0.15) is 0 Å². The molecule has 0 unspecified atom stereocenters. The number of nitrogens with zero attached hydrogens (tertiary/aromatic N) is 2. The molecule has 2 aromatic carbocycles. The molecule has 0 aliphatic heterocycles. The number of anilines is 2. The minimum absolute atomic E-state index is 0.0208. The van der Waals surface area contributed by atoms with Gasteiger partial charge in [0.1, 0.15) is 0 Å². The summed E-state index contributed by atoms with van der Waals surface area (Å²) in [4.78, 5) is 23.7. The Morgan fingerprint density at radius 1 is 1.21 bits per heavy atom. The van der Waals surface area contributed by atoms with Crippen LogP contribution in [-0.2, 0) is 0 Å². The van der Waals surface area contributed by atoms with Gasteiger partial charge in [-0.05, 0) is 30.3 Å². The lowest BCUT2D eigenvalue weighted by atomic mass is 10.1. The summed E-state index contributed by atoms with van der Waals surface area (Å²) < 4.78 is 14.3. The fraction of sp³-hybridized carbons (Fsp3) is 0.118. The molecule has 0 saturated heterocycles. The minimum Gasteiger partial charge on any atom is -0.378 e. The van der Waals surface area contributed by atoms with E-state index >= 15 is 0 Å². The minimum atomic E-state index is -0.728. The van der Waals surface area contributed by atoms with Crippen LogP contribution in [0.25, 0.3) is 6.08 Å². The molecule has 2 aromatic rings. The van der Waals surface area contributed by atoms with Crippen LogP contribution in [0.3, 0.4) is 0 Å². The molecule has 1 N–H and O–H groups in total. The van der Waals surface area contributed by atoms with Crippen molar-refractivity contribution in [2.75, 3.05) is 24.3 Å². The quantitative estimate of drug-likeness (QED) is 0.674. The standard InChI is InChI=1S/C17H16FN3O3/c1-20(2)14-8-6-13(7-9-14)17(22)19-15-5-3-4-12(16(15)18)10-11-21(23)24/h3-11H,1-2H3,(H,19,22)/b11-10+. The van der Waals surface area contributed by atoms with Crippen LogP contribution in [0.5, 0.6) is 0 Å². The van der Waals surface area contributed by atoms with Crippen LogP contribution in [-0.4, -0.2) is 24.9 Å². The van der Waals surface area contributed by atoms with E-state index in [0.717, 1.165) is 11.8 Å². The van der Waals surface area contributed by atoms with Crippen molar-refractivity contribution >= 4 is 23.4 Å². The van der Waals surface area contributed by atoms with Crippen molar-refractivity contribution in [2.24, 2.45) is 0 Å². The Morgan fingerprint density at radius 3 is 2.46 bits per heavy atom. The smallest absolute Gasteiger partial charge is 0.255 e. The van der Waals surface area contributed by atoms with Crippen LogP contribution >= 0.6 is 0 Å². The molecule has 0 saturated carbocycles. The number of nitrogens with one attached hydrogen (secondary N) is 1. The summed E-state index contributed by atoms with van der Waals surface area (Å²) in [5.74, 6) is -1.19. The first kappa shape index (κ1) is 17.1. The van der Waals surface area contributed by atoms with E-state index in [4.69, 9.17) is 0 Å². The zero-order valence-corrected chi connectivity index (χ0v) is 13.2. The van der Waals surface area contributed by atoms with E-state index < -0.39 is 16.6 Å². The van der Waals surface area contributed by atoms with Gasteiger partial charge in [0.25, 0.3) is 5.91 Å². The summed E-state index contributed by atoms with van der Waals surface area (Å²) in [6.45, 7) is 0. The van der Waals surface area contributed by atoms with Crippen molar-refractivity contribution in [3.05, 3.63) is 75.7 Å². The van der Waals surface area contributed by atoms with Crippen molar-refractivity contribution in [3.63, 3.8) is 0 Å². The van der Waals surface area contributed by atoms with Gasteiger partial charge in [0.2, 0.25) is 6.20 Å². The van der Waals surface area contributed by atoms with Crippen LogP contribution in [0.2, 0.25) is 0 Å². The first-order valence-corrected chi connectivity index (χ1v) is 7.07. The summed E-state index contributed by atoms with van der Waals surface area (Å²) in [5.41, 5.74) is 1.30. The fourth-order valence-electron chi connectivity index (χ4n) is 2.02. The van der Waals surface area contributed by atoms with Crippen LogP contribution in [0, 0.1) is 15.9 Å². The predicted molar refractivity (Wildman–Crippen MR) is 91.2 cm³/mol. The molecule has 7 heteroatoms. The largest absolute Gasteiger partial charge is 0.378 e. The molecule has 6 nitrogen and oxygen atoms in total. The number of carbonyl (C=O) groups is 1. The molecule has 2 rings (SSSR count). The molecule has 0 spiro atoms. The Morgan fingerprint density at radius 2 is 1.88 bits per heavy atom. The summed E-state index contributed by atoms with van der Waals surface area (Å²) in [6.07, 6.45) is 1.68. The van der Waals surface area contributed by atoms with E-state index in [-0.39, 0.29) is 11.3 Å². The molecule has 0 aliphatic carbocycles. The lowest BCUT2D eigenvalue weighted by molar-refractivity contribution is -0.400. The van der Waals surface area contributed by atoms with Crippen LogP contribution in [0.4, 0.5) is 15.8 Å². The monoisotopic (exact) mass is 329 g/mol. The maximum absolute atomic E-state index is 14.3. The van der Waals surface area contributed by atoms with Crippen molar-refractivity contribution < 1.29 is 14.1 Å². The highest BCUT2D eigenvalue weighted by Gasteiger charge is 2.12. The average Bonchev–Trinajstić information content (AvgIpc) is 2.55. The third-order valence-corrected chi connectivity index (χ3v) is 3.30. The number of benzene rings is 2. The fourth-order valence-corrected chi connectivity index (χ4v) is 2.02. The Labute approximate surface area is 138 Å². The van der Waals surface area contributed by atoms with E-state index in [1.54, 1.807) is 24.3 Å². The SMILES string of the molecule is CN(C)c1ccc(C(=O)Nc2cccc(/C=C/[N+](=O)[O-])c2F)cc1. The second-order valence-electron chi connectivity index (χ2n) is 5.21. The predicted octanol–water partition coefficient (Wildman–Crippen LogP) is 3.39. The third-order valence-electron chi connectivity index (χ3n) is 3.30. The zero-order chi connectivity index (χ0) is 17.7. The van der Waals surface area contributed by atoms with Gasteiger partial charge in [0, 0.05) is 37.0 Å². The van der Waals surface area contributed by atoms with Crippen molar-refractivity contribution in [2.45, 2.75) is 0 Å². The highest BCUT2D eigenvalue weighted by atomic mass is 19.1. The van der Waals surface area contributed by atoms with Gasteiger partial charge < -0.3 is 10.2 Å². The Hall–Kier alpha value is -3.22. The third kappa shape index (κ3) is 4.16. The first-order chi connectivity index (χ1) is 11.4. The molecule has 0 fully saturated rings. The number of carbonyl (C=O) groups excluding carboxylic acids is 1. The Bertz CT molecular complexity index is 786. The summed E-state index contributed by atoms with van der Waals surface area (Å²) in [7, 11) is 3.77. The van der Waals surface area contributed by atoms with Gasteiger partial charge in [-0.15, -0.1) is 0 Å². The van der Waals surface area contributed by atoms with E-state index in [0.29, 0.717) is 11.8 Å². The van der Waals surface area contributed by atoms with E-state index in [2.05, 4.69) is 5.32 Å². The van der Waals surface area contributed by atoms with Gasteiger partial charge in [-0.1, -0.05) is 12.1 Å². The van der Waals surface area contributed by atoms with Gasteiger partial charge in [0.15, 0.2) is 5.82 Å². The van der Waals surface area contributed by atoms with E-state index in [1.807, 2.05) is 19.0 Å². The number of hydrogen-bond acceptors (Lipinski definition) is 4. The van der Waals surface area contributed by atoms with E-state index in [9.17, 15) is 19.3 Å². The summed E-state index contributed by atoms with van der Waals surface area (Å²) in [6, 6.07) is 11.1. The highest BCUT2D eigenvalue weighted by molar-refractivity contribution is 6.04. The number of hydrogen-bond donors (Lipinski definition) is 1. The second kappa shape index (κ2) is 7.36. The molecule has 1 amide bonds. The molecule has 0 aliphatic rings. The number of halogens is 1. The lowest BCUT2D eigenvalue weighted by Gasteiger charge is -2.13. The van der Waals surface area contributed by atoms with Crippen LogP contribution in [0.15, 0.2) is 48.7 Å². The zero-order valence-electron chi connectivity index (χ0n) is 13.2. The van der Waals surface area contributed by atoms with Crippen molar-refractivity contribution in [1.82, 2.24) is 0 Å². The molecule has 0 heterocycles. The maximum atomic E-state index is 14.3. The van der Waals surface area contributed by atoms with E-state index in [1.165, 1.54) is 18.2 Å². The van der Waals surface area contributed by atoms with Gasteiger partial charge in [-0.25, -0.2) is 4.39 Å². The number of rotatable bonds is 5. The summed E-state index contributed by atoms with van der Waals surface area (Å²) in [5, 5.41) is 12.8. The lowest BCUT2D eigenvalue weighted by Crippen LogP contribution is -2.14.